The van der Waals surface area contributed by atoms with Gasteiger partial charge >= 0.3 is 0 Å². The number of rotatable bonds is 5. The Morgan fingerprint density at radius 1 is 1.21 bits per heavy atom. The van der Waals surface area contributed by atoms with Crippen molar-refractivity contribution in [3.63, 3.8) is 0 Å². The maximum Gasteiger partial charge on any atom is 0.0593 e. The number of hydrogen-bond donors (Lipinski definition) is 2. The highest BCUT2D eigenvalue weighted by Gasteiger charge is 2.09. The van der Waals surface area contributed by atoms with Crippen LogP contribution in [0, 0.1) is 0 Å². The zero-order valence-electron chi connectivity index (χ0n) is 8.56. The van der Waals surface area contributed by atoms with Crippen molar-refractivity contribution in [3.05, 3.63) is 0 Å². The van der Waals surface area contributed by atoms with E-state index in [4.69, 9.17) is 4.74 Å². The van der Waals surface area contributed by atoms with Crippen LogP contribution in [0.1, 0.15) is 6.42 Å². The fraction of sp³-hybridized carbons (Fsp3) is 1.00. The number of nitrogens with zero attached hydrogens (tertiary/aromatic N) is 2. The molecule has 0 bridgehead atoms. The molecule has 0 N–H and O–H groups in total. The van der Waals surface area contributed by atoms with Gasteiger partial charge in [0.25, 0.3) is 0 Å². The summed E-state index contributed by atoms with van der Waals surface area (Å²) in [5.74, 6) is 0.868. The first-order valence-corrected chi connectivity index (χ1v) is 6.21. The van der Waals surface area contributed by atoms with Crippen LogP contribution in [0.5, 0.6) is 0 Å². The maximum atomic E-state index is 5.39. The second-order valence-corrected chi connectivity index (χ2v) is 4.50. The lowest BCUT2D eigenvalue weighted by Crippen LogP contribution is -2.33. The lowest BCUT2D eigenvalue weighted by atomic mass is 10.4. The third-order valence-corrected chi connectivity index (χ3v) is 2.95. The summed E-state index contributed by atoms with van der Waals surface area (Å²) in [6.07, 6.45) is 1.15. The van der Waals surface area contributed by atoms with E-state index in [1.807, 2.05) is 4.31 Å². The summed E-state index contributed by atoms with van der Waals surface area (Å²) >= 11 is 8.54. The highest BCUT2D eigenvalue weighted by molar-refractivity contribution is 7.80. The summed E-state index contributed by atoms with van der Waals surface area (Å²) in [4.78, 5) is 2.44. The molecule has 3 nitrogen and oxygen atoms in total. The molecular formula is C9H20N2OS2. The largest absolute Gasteiger partial charge is 0.380 e. The molecule has 14 heavy (non-hydrogen) atoms. The van der Waals surface area contributed by atoms with E-state index in [9.17, 15) is 0 Å². The van der Waals surface area contributed by atoms with Crippen molar-refractivity contribution in [2.75, 3.05) is 51.7 Å². The molecule has 0 unspecified atom stereocenters. The lowest BCUT2D eigenvalue weighted by Gasteiger charge is -2.22. The second kappa shape index (κ2) is 7.82. The van der Waals surface area contributed by atoms with Crippen molar-refractivity contribution in [1.82, 2.24) is 9.21 Å². The monoisotopic (exact) mass is 236 g/mol. The molecule has 1 rings (SSSR count). The van der Waals surface area contributed by atoms with E-state index in [-0.39, 0.29) is 0 Å². The smallest absolute Gasteiger partial charge is 0.0593 e. The van der Waals surface area contributed by atoms with E-state index in [1.165, 1.54) is 0 Å². The number of thiol groups is 2. The van der Waals surface area contributed by atoms with Crippen molar-refractivity contribution in [2.24, 2.45) is 0 Å². The molecule has 0 aliphatic carbocycles. The van der Waals surface area contributed by atoms with Gasteiger partial charge in [-0.15, -0.1) is 0 Å². The Balaban J connectivity index is 2.09. The molecule has 0 saturated carbocycles. The van der Waals surface area contributed by atoms with E-state index >= 15 is 0 Å². The van der Waals surface area contributed by atoms with Crippen LogP contribution < -0.4 is 0 Å². The maximum absolute atomic E-state index is 5.39. The molecule has 1 fully saturated rings. The highest BCUT2D eigenvalue weighted by atomic mass is 32.1. The van der Waals surface area contributed by atoms with E-state index in [0.717, 1.165) is 58.1 Å². The summed E-state index contributed by atoms with van der Waals surface area (Å²) in [7, 11) is 0. The van der Waals surface area contributed by atoms with Gasteiger partial charge in [-0.3, -0.25) is 9.21 Å². The summed E-state index contributed by atoms with van der Waals surface area (Å²) < 4.78 is 7.42. The standard InChI is InChI=1S/C9H20N2OS2/c13-9-6-11(14)4-3-10-2-1-7-12-8-5-10/h13-14H,1-9H2. The van der Waals surface area contributed by atoms with E-state index < -0.39 is 0 Å². The molecule has 0 aromatic rings. The molecule has 1 aliphatic rings. The SMILES string of the molecule is SCCN(S)CCN1CCCOCC1. The predicted molar refractivity (Wildman–Crippen MR) is 66.3 cm³/mol. The normalized spacial score (nSPS) is 19.9. The van der Waals surface area contributed by atoms with E-state index in [2.05, 4.69) is 30.3 Å². The minimum atomic E-state index is 0.868. The fourth-order valence-corrected chi connectivity index (χ4v) is 2.09. The van der Waals surface area contributed by atoms with Crippen LogP contribution in [0.15, 0.2) is 0 Å². The van der Waals surface area contributed by atoms with Crippen LogP contribution in [0.3, 0.4) is 0 Å². The van der Waals surface area contributed by atoms with Gasteiger partial charge in [-0.05, 0) is 6.42 Å². The molecule has 0 atom stereocenters. The van der Waals surface area contributed by atoms with Crippen LogP contribution >= 0.6 is 25.4 Å². The van der Waals surface area contributed by atoms with Crippen molar-refractivity contribution >= 4 is 25.4 Å². The summed E-state index contributed by atoms with van der Waals surface area (Å²) in [6.45, 7) is 7.03. The Bertz CT molecular complexity index is 141. The molecule has 0 aromatic heterocycles. The van der Waals surface area contributed by atoms with Gasteiger partial charge in [0.15, 0.2) is 0 Å². The third-order valence-electron chi connectivity index (χ3n) is 2.35. The van der Waals surface area contributed by atoms with Crippen molar-refractivity contribution in [1.29, 1.82) is 0 Å². The first kappa shape index (κ1) is 12.6. The quantitative estimate of drug-likeness (QED) is 0.687. The summed E-state index contributed by atoms with van der Waals surface area (Å²) in [5.41, 5.74) is 0. The lowest BCUT2D eigenvalue weighted by molar-refractivity contribution is 0.140. The summed E-state index contributed by atoms with van der Waals surface area (Å²) in [5, 5.41) is 0. The second-order valence-electron chi connectivity index (χ2n) is 3.48. The van der Waals surface area contributed by atoms with Crippen molar-refractivity contribution in [2.45, 2.75) is 6.42 Å². The fourth-order valence-electron chi connectivity index (χ4n) is 1.51. The van der Waals surface area contributed by atoms with Crippen molar-refractivity contribution < 1.29 is 4.74 Å². The van der Waals surface area contributed by atoms with E-state index in [1.54, 1.807) is 0 Å². The molecule has 0 radical (unpaired) electrons. The molecule has 84 valence electrons. The van der Waals surface area contributed by atoms with Gasteiger partial charge in [0.05, 0.1) is 6.61 Å². The zero-order chi connectivity index (χ0) is 10.2. The zero-order valence-corrected chi connectivity index (χ0v) is 10.3. The van der Waals surface area contributed by atoms with Gasteiger partial charge in [0.2, 0.25) is 0 Å². The molecule has 0 amide bonds. The van der Waals surface area contributed by atoms with Gasteiger partial charge < -0.3 is 4.74 Å². The predicted octanol–water partition coefficient (Wildman–Crippen LogP) is 0.785. The molecule has 1 heterocycles. The van der Waals surface area contributed by atoms with Gasteiger partial charge in [-0.1, -0.05) is 12.8 Å². The Labute approximate surface area is 97.7 Å². The Morgan fingerprint density at radius 2 is 2.07 bits per heavy atom. The topological polar surface area (TPSA) is 15.7 Å². The first-order chi connectivity index (χ1) is 6.83. The van der Waals surface area contributed by atoms with Crippen LogP contribution in [-0.4, -0.2) is 60.9 Å². The minimum absolute atomic E-state index is 0.868. The average molecular weight is 236 g/mol. The van der Waals surface area contributed by atoms with Gasteiger partial charge in [0.1, 0.15) is 0 Å². The van der Waals surface area contributed by atoms with Crippen LogP contribution in [-0.2, 0) is 4.74 Å². The van der Waals surface area contributed by atoms with E-state index in [0.29, 0.717) is 0 Å². The molecular weight excluding hydrogens is 216 g/mol. The van der Waals surface area contributed by atoms with Crippen LogP contribution in [0.4, 0.5) is 0 Å². The van der Waals surface area contributed by atoms with Crippen LogP contribution in [0.2, 0.25) is 0 Å². The molecule has 5 heteroatoms. The molecule has 0 aromatic carbocycles. The third kappa shape index (κ3) is 5.46. The molecule has 0 spiro atoms. The first-order valence-electron chi connectivity index (χ1n) is 5.17. The Hall–Kier alpha value is 0.580. The molecule has 1 aliphatic heterocycles. The van der Waals surface area contributed by atoms with Gasteiger partial charge in [-0.2, -0.15) is 12.6 Å². The number of ether oxygens (including phenoxy) is 1. The van der Waals surface area contributed by atoms with Gasteiger partial charge in [0, 0.05) is 45.1 Å². The Kier molecular flexibility index (Phi) is 7.06. The summed E-state index contributed by atoms with van der Waals surface area (Å²) in [6, 6.07) is 0. The van der Waals surface area contributed by atoms with Crippen LogP contribution in [0.25, 0.3) is 0 Å². The number of hydrogen-bond acceptors (Lipinski definition) is 5. The minimum Gasteiger partial charge on any atom is -0.380 e. The Morgan fingerprint density at radius 3 is 2.86 bits per heavy atom. The molecule has 1 saturated heterocycles. The average Bonchev–Trinajstić information content (AvgIpc) is 2.43. The van der Waals surface area contributed by atoms with Crippen molar-refractivity contribution in [3.8, 4) is 0 Å². The highest BCUT2D eigenvalue weighted by Crippen LogP contribution is 2.00. The van der Waals surface area contributed by atoms with Gasteiger partial charge in [-0.25, -0.2) is 0 Å².